The van der Waals surface area contributed by atoms with Crippen molar-refractivity contribution in [2.24, 2.45) is 4.99 Å². The van der Waals surface area contributed by atoms with E-state index in [1.165, 1.54) is 61.7 Å². The van der Waals surface area contributed by atoms with E-state index in [0.29, 0.717) is 11.1 Å². The Bertz CT molecular complexity index is 854. The van der Waals surface area contributed by atoms with Gasteiger partial charge in [-0.05, 0) is 69.4 Å². The molecule has 1 amide bonds. The van der Waals surface area contributed by atoms with Gasteiger partial charge >= 0.3 is 0 Å². The van der Waals surface area contributed by atoms with Crippen LogP contribution in [0.25, 0.3) is 5.57 Å². The predicted molar refractivity (Wildman–Crippen MR) is 114 cm³/mol. The molecule has 28 heavy (non-hydrogen) atoms. The van der Waals surface area contributed by atoms with Crippen LogP contribution in [0.1, 0.15) is 112 Å². The summed E-state index contributed by atoms with van der Waals surface area (Å²) in [5, 5.41) is 10.8. The fourth-order valence-corrected chi connectivity index (χ4v) is 4.93. The summed E-state index contributed by atoms with van der Waals surface area (Å²) in [6.45, 7) is 2.17. The number of hydrogen-bond acceptors (Lipinski definition) is 2. The smallest absolute Gasteiger partial charge is 0.280 e. The lowest BCUT2D eigenvalue weighted by Crippen LogP contribution is -2.05. The molecule has 1 aliphatic heterocycles. The first-order chi connectivity index (χ1) is 13.7. The largest absolute Gasteiger partial charge is 0.494 e. The standard InChI is InChI=1S/C24H32N2O2/c1-16-12-8-4-2-7-11-15-18(16)22-20-19(23(27)26-22)21(25-24(20)28)17-13-9-5-3-6-10-14-17/h13,25,28H,2-12,14-15H2,1H3/b17-13+,18-16+. The molecule has 150 valence electrons. The van der Waals surface area contributed by atoms with Crippen LogP contribution in [0.4, 0.5) is 0 Å². The van der Waals surface area contributed by atoms with Crippen molar-refractivity contribution < 1.29 is 9.90 Å². The maximum absolute atomic E-state index is 12.9. The van der Waals surface area contributed by atoms with Crippen molar-refractivity contribution in [3.8, 4) is 5.88 Å². The van der Waals surface area contributed by atoms with Crippen LogP contribution in [0.2, 0.25) is 0 Å². The molecule has 4 nitrogen and oxygen atoms in total. The molecular formula is C24H32N2O2. The number of allylic oxidation sites excluding steroid dienone is 4. The third kappa shape index (κ3) is 3.74. The molecule has 2 heterocycles. The molecule has 4 rings (SSSR count). The quantitative estimate of drug-likeness (QED) is 0.618. The second kappa shape index (κ2) is 8.50. The number of amides is 1. The lowest BCUT2D eigenvalue weighted by molar-refractivity contribution is 0.101. The molecule has 2 aliphatic carbocycles. The van der Waals surface area contributed by atoms with E-state index in [1.807, 2.05) is 0 Å². The van der Waals surface area contributed by atoms with Gasteiger partial charge in [0, 0.05) is 0 Å². The number of aromatic hydroxyl groups is 1. The normalized spacial score (nSPS) is 26.2. The summed E-state index contributed by atoms with van der Waals surface area (Å²) in [7, 11) is 0. The summed E-state index contributed by atoms with van der Waals surface area (Å²) in [5.74, 6) is -0.0857. The Kier molecular flexibility index (Phi) is 5.84. The number of nitrogens with one attached hydrogen (secondary N) is 1. The highest BCUT2D eigenvalue weighted by molar-refractivity contribution is 6.29. The van der Waals surface area contributed by atoms with Crippen LogP contribution in [0, 0.1) is 0 Å². The lowest BCUT2D eigenvalue weighted by Gasteiger charge is -2.11. The van der Waals surface area contributed by atoms with Crippen LogP contribution < -0.4 is 0 Å². The van der Waals surface area contributed by atoms with E-state index < -0.39 is 0 Å². The van der Waals surface area contributed by atoms with E-state index in [9.17, 15) is 9.90 Å². The molecule has 0 saturated heterocycles. The Morgan fingerprint density at radius 2 is 1.57 bits per heavy atom. The third-order valence-corrected chi connectivity index (χ3v) is 6.54. The minimum atomic E-state index is -0.195. The minimum absolute atomic E-state index is 0.109. The highest BCUT2D eigenvalue weighted by Crippen LogP contribution is 2.40. The van der Waals surface area contributed by atoms with E-state index >= 15 is 0 Å². The average Bonchev–Trinajstić information content (AvgIpc) is 3.18. The predicted octanol–water partition coefficient (Wildman–Crippen LogP) is 6.46. The first-order valence-corrected chi connectivity index (χ1v) is 11.1. The van der Waals surface area contributed by atoms with Crippen LogP contribution in [-0.2, 0) is 0 Å². The molecule has 1 aromatic rings. The average molecular weight is 381 g/mol. The van der Waals surface area contributed by atoms with E-state index in [-0.39, 0.29) is 11.8 Å². The molecule has 0 bridgehead atoms. The van der Waals surface area contributed by atoms with Crippen molar-refractivity contribution in [2.45, 2.75) is 90.4 Å². The second-order valence-electron chi connectivity index (χ2n) is 8.57. The molecule has 0 aromatic carbocycles. The number of fused-ring (bicyclic) bond motifs is 1. The van der Waals surface area contributed by atoms with Gasteiger partial charge in [0.05, 0.1) is 22.5 Å². The van der Waals surface area contributed by atoms with Gasteiger partial charge in [0.2, 0.25) is 0 Å². The fraction of sp³-hybridized carbons (Fsp3) is 0.583. The van der Waals surface area contributed by atoms with Gasteiger partial charge in [-0.25, -0.2) is 4.99 Å². The van der Waals surface area contributed by atoms with Gasteiger partial charge in [0.25, 0.3) is 5.91 Å². The summed E-state index contributed by atoms with van der Waals surface area (Å²) in [6.07, 6.45) is 17.2. The zero-order valence-electron chi connectivity index (χ0n) is 17.1. The van der Waals surface area contributed by atoms with Gasteiger partial charge < -0.3 is 10.1 Å². The van der Waals surface area contributed by atoms with Crippen molar-refractivity contribution >= 4 is 17.2 Å². The molecule has 4 heteroatoms. The number of H-pyrrole nitrogens is 1. The molecule has 0 fully saturated rings. The van der Waals surface area contributed by atoms with Gasteiger partial charge in [-0.3, -0.25) is 4.79 Å². The van der Waals surface area contributed by atoms with Gasteiger partial charge in [-0.1, -0.05) is 43.8 Å². The van der Waals surface area contributed by atoms with Crippen LogP contribution in [-0.4, -0.2) is 21.7 Å². The van der Waals surface area contributed by atoms with E-state index in [2.05, 4.69) is 23.0 Å². The summed E-state index contributed by atoms with van der Waals surface area (Å²) >= 11 is 0. The van der Waals surface area contributed by atoms with Crippen molar-refractivity contribution in [1.29, 1.82) is 0 Å². The first kappa shape index (κ1) is 19.2. The molecule has 3 aliphatic rings. The van der Waals surface area contributed by atoms with Crippen LogP contribution in [0.15, 0.2) is 22.2 Å². The zero-order chi connectivity index (χ0) is 19.5. The van der Waals surface area contributed by atoms with E-state index in [0.717, 1.165) is 49.9 Å². The number of aliphatic imine (C=N–C) groups is 1. The zero-order valence-corrected chi connectivity index (χ0v) is 17.1. The van der Waals surface area contributed by atoms with Crippen LogP contribution in [0.5, 0.6) is 5.88 Å². The molecule has 2 N–H and O–H groups in total. The van der Waals surface area contributed by atoms with Crippen molar-refractivity contribution in [3.05, 3.63) is 34.0 Å². The molecule has 0 unspecified atom stereocenters. The number of carbonyl (C=O) groups is 1. The number of carbonyl (C=O) groups excluding carboxylic acids is 1. The van der Waals surface area contributed by atoms with Gasteiger partial charge in [-0.15, -0.1) is 0 Å². The summed E-state index contributed by atoms with van der Waals surface area (Å²) in [6, 6.07) is 0. The maximum Gasteiger partial charge on any atom is 0.280 e. The summed E-state index contributed by atoms with van der Waals surface area (Å²) < 4.78 is 0. The lowest BCUT2D eigenvalue weighted by atomic mass is 9.91. The van der Waals surface area contributed by atoms with Crippen molar-refractivity contribution in [3.63, 3.8) is 0 Å². The number of aromatic amines is 1. The van der Waals surface area contributed by atoms with Crippen LogP contribution >= 0.6 is 0 Å². The Morgan fingerprint density at radius 1 is 0.893 bits per heavy atom. The molecule has 0 radical (unpaired) electrons. The number of hydrogen-bond donors (Lipinski definition) is 2. The van der Waals surface area contributed by atoms with Crippen molar-refractivity contribution in [1.82, 2.24) is 4.98 Å². The molecular weight excluding hydrogens is 348 g/mol. The van der Waals surface area contributed by atoms with Gasteiger partial charge in [0.15, 0.2) is 5.88 Å². The highest BCUT2D eigenvalue weighted by atomic mass is 16.3. The van der Waals surface area contributed by atoms with Gasteiger partial charge in [-0.2, -0.15) is 0 Å². The summed E-state index contributed by atoms with van der Waals surface area (Å²) in [5.41, 5.74) is 6.46. The highest BCUT2D eigenvalue weighted by Gasteiger charge is 2.35. The fourth-order valence-electron chi connectivity index (χ4n) is 4.93. The monoisotopic (exact) mass is 380 g/mol. The van der Waals surface area contributed by atoms with Gasteiger partial charge in [0.1, 0.15) is 0 Å². The molecule has 0 atom stereocenters. The SMILES string of the molecule is C/C1=C(\C2=NC(=O)c3c(/C4=C/CCCCCC4)[nH]c(O)c32)CCCCCCC1. The molecule has 0 saturated carbocycles. The first-order valence-electron chi connectivity index (χ1n) is 11.1. The Hall–Kier alpha value is -2.10. The number of nitrogens with zero attached hydrogens (tertiary/aromatic N) is 1. The molecule has 0 spiro atoms. The Morgan fingerprint density at radius 3 is 2.39 bits per heavy atom. The van der Waals surface area contributed by atoms with Crippen molar-refractivity contribution in [2.75, 3.05) is 0 Å². The maximum atomic E-state index is 12.9. The Balaban J connectivity index is 1.74. The van der Waals surface area contributed by atoms with E-state index in [4.69, 9.17) is 0 Å². The number of rotatable bonds is 2. The second-order valence-corrected chi connectivity index (χ2v) is 8.57. The number of aromatic nitrogens is 1. The summed E-state index contributed by atoms with van der Waals surface area (Å²) in [4.78, 5) is 20.5. The third-order valence-electron chi connectivity index (χ3n) is 6.54. The minimum Gasteiger partial charge on any atom is -0.494 e. The van der Waals surface area contributed by atoms with Crippen LogP contribution in [0.3, 0.4) is 0 Å². The van der Waals surface area contributed by atoms with E-state index in [1.54, 1.807) is 0 Å². The molecule has 1 aromatic heterocycles. The Labute approximate surface area is 167 Å². The topological polar surface area (TPSA) is 65.5 Å².